The van der Waals surface area contributed by atoms with Crippen LogP contribution in [0.3, 0.4) is 0 Å². The van der Waals surface area contributed by atoms with Crippen LogP contribution in [0.1, 0.15) is 39.0 Å². The summed E-state index contributed by atoms with van der Waals surface area (Å²) in [4.78, 5) is 0. The lowest BCUT2D eigenvalue weighted by Gasteiger charge is -2.21. The van der Waals surface area contributed by atoms with Gasteiger partial charge in [-0.1, -0.05) is 19.8 Å². The highest BCUT2D eigenvalue weighted by Gasteiger charge is 2.28. The van der Waals surface area contributed by atoms with Crippen LogP contribution in [0.25, 0.3) is 0 Å². The van der Waals surface area contributed by atoms with Gasteiger partial charge < -0.3 is 5.11 Å². The summed E-state index contributed by atoms with van der Waals surface area (Å²) in [5.41, 5.74) is 0. The molecule has 0 aliphatic heterocycles. The molecule has 12 heavy (non-hydrogen) atoms. The quantitative estimate of drug-likeness (QED) is 0.637. The maximum Gasteiger partial charge on any atom is 0.0580 e. The van der Waals surface area contributed by atoms with Crippen molar-refractivity contribution >= 4 is 0 Å². The fourth-order valence-electron chi connectivity index (χ4n) is 2.19. The molecule has 1 aliphatic rings. The standard InChI is InChI=1S/C11H18O/c1-3-4-8-11(12)10-7-5-6-9(10)2/h1,9-12H,4-8H2,2H3. The Hall–Kier alpha value is -0.480. The van der Waals surface area contributed by atoms with Crippen LogP contribution >= 0.6 is 0 Å². The maximum absolute atomic E-state index is 9.75. The molecule has 0 spiro atoms. The van der Waals surface area contributed by atoms with Gasteiger partial charge in [-0.25, -0.2) is 0 Å². The summed E-state index contributed by atoms with van der Waals surface area (Å²) in [6.07, 6.45) is 10.2. The third-order valence-corrected chi connectivity index (χ3v) is 3.01. The Morgan fingerprint density at radius 2 is 2.33 bits per heavy atom. The Morgan fingerprint density at radius 1 is 1.58 bits per heavy atom. The molecule has 1 heteroatoms. The molecule has 1 fully saturated rings. The minimum atomic E-state index is -0.154. The van der Waals surface area contributed by atoms with Gasteiger partial charge >= 0.3 is 0 Å². The van der Waals surface area contributed by atoms with E-state index in [1.807, 2.05) is 0 Å². The van der Waals surface area contributed by atoms with Crippen LogP contribution in [0.15, 0.2) is 0 Å². The first-order valence-corrected chi connectivity index (χ1v) is 4.87. The molecule has 3 unspecified atom stereocenters. The Balaban J connectivity index is 2.31. The zero-order valence-corrected chi connectivity index (χ0v) is 7.79. The minimum absolute atomic E-state index is 0.154. The summed E-state index contributed by atoms with van der Waals surface area (Å²) in [5, 5.41) is 9.75. The van der Waals surface area contributed by atoms with E-state index in [1.165, 1.54) is 19.3 Å². The second kappa shape index (κ2) is 4.52. The van der Waals surface area contributed by atoms with Crippen LogP contribution in [0.4, 0.5) is 0 Å². The third kappa shape index (κ3) is 2.25. The molecule has 0 saturated heterocycles. The Kier molecular flexibility index (Phi) is 3.62. The van der Waals surface area contributed by atoms with Crippen LogP contribution in [0.5, 0.6) is 0 Å². The van der Waals surface area contributed by atoms with E-state index in [1.54, 1.807) is 0 Å². The van der Waals surface area contributed by atoms with Crippen molar-refractivity contribution in [3.63, 3.8) is 0 Å². The molecule has 3 atom stereocenters. The zero-order chi connectivity index (χ0) is 8.97. The van der Waals surface area contributed by atoms with Gasteiger partial charge in [-0.15, -0.1) is 12.3 Å². The molecule has 1 saturated carbocycles. The fraction of sp³-hybridized carbons (Fsp3) is 0.818. The van der Waals surface area contributed by atoms with Gasteiger partial charge in [-0.05, 0) is 24.7 Å². The Morgan fingerprint density at radius 3 is 2.83 bits per heavy atom. The van der Waals surface area contributed by atoms with Crippen molar-refractivity contribution in [1.82, 2.24) is 0 Å². The second-order valence-corrected chi connectivity index (χ2v) is 3.88. The molecule has 0 heterocycles. The highest BCUT2D eigenvalue weighted by atomic mass is 16.3. The van der Waals surface area contributed by atoms with Crippen LogP contribution < -0.4 is 0 Å². The molecular formula is C11H18O. The van der Waals surface area contributed by atoms with Gasteiger partial charge in [-0.3, -0.25) is 0 Å². The second-order valence-electron chi connectivity index (χ2n) is 3.88. The largest absolute Gasteiger partial charge is 0.393 e. The van der Waals surface area contributed by atoms with Crippen molar-refractivity contribution in [3.8, 4) is 12.3 Å². The van der Waals surface area contributed by atoms with Crippen LogP contribution in [0.2, 0.25) is 0 Å². The first kappa shape index (κ1) is 9.61. The van der Waals surface area contributed by atoms with Crippen LogP contribution in [-0.2, 0) is 0 Å². The average Bonchev–Trinajstić information content (AvgIpc) is 2.47. The SMILES string of the molecule is C#CCCC(O)C1CCCC1C. The Labute approximate surface area is 75.2 Å². The van der Waals surface area contributed by atoms with Crippen molar-refractivity contribution in [1.29, 1.82) is 0 Å². The van der Waals surface area contributed by atoms with Gasteiger partial charge in [-0.2, -0.15) is 0 Å². The number of hydrogen-bond donors (Lipinski definition) is 1. The smallest absolute Gasteiger partial charge is 0.0580 e. The lowest BCUT2D eigenvalue weighted by molar-refractivity contribution is 0.0834. The van der Waals surface area contributed by atoms with E-state index in [0.717, 1.165) is 6.42 Å². The molecule has 1 N–H and O–H groups in total. The molecule has 0 aromatic heterocycles. The predicted octanol–water partition coefficient (Wildman–Crippen LogP) is 2.20. The highest BCUT2D eigenvalue weighted by Crippen LogP contribution is 2.34. The number of rotatable bonds is 3. The van der Waals surface area contributed by atoms with Gasteiger partial charge in [0.15, 0.2) is 0 Å². The molecular weight excluding hydrogens is 148 g/mol. The van der Waals surface area contributed by atoms with E-state index in [4.69, 9.17) is 6.42 Å². The van der Waals surface area contributed by atoms with Gasteiger partial charge in [0.1, 0.15) is 0 Å². The first-order valence-electron chi connectivity index (χ1n) is 4.87. The minimum Gasteiger partial charge on any atom is -0.393 e. The molecule has 1 nitrogen and oxygen atoms in total. The molecule has 1 aliphatic carbocycles. The van der Waals surface area contributed by atoms with Gasteiger partial charge in [0.25, 0.3) is 0 Å². The summed E-state index contributed by atoms with van der Waals surface area (Å²) < 4.78 is 0. The van der Waals surface area contributed by atoms with E-state index in [2.05, 4.69) is 12.8 Å². The summed E-state index contributed by atoms with van der Waals surface area (Å²) in [6.45, 7) is 2.23. The molecule has 68 valence electrons. The molecule has 0 radical (unpaired) electrons. The fourth-order valence-corrected chi connectivity index (χ4v) is 2.19. The molecule has 0 amide bonds. The summed E-state index contributed by atoms with van der Waals surface area (Å²) in [7, 11) is 0. The number of aliphatic hydroxyl groups excluding tert-OH is 1. The molecule has 0 aromatic carbocycles. The lowest BCUT2D eigenvalue weighted by Crippen LogP contribution is -2.22. The summed E-state index contributed by atoms with van der Waals surface area (Å²) >= 11 is 0. The molecule has 1 rings (SSSR count). The zero-order valence-electron chi connectivity index (χ0n) is 7.79. The number of terminal acetylenes is 1. The van der Waals surface area contributed by atoms with Gasteiger partial charge in [0.05, 0.1) is 6.10 Å². The lowest BCUT2D eigenvalue weighted by atomic mass is 9.90. The van der Waals surface area contributed by atoms with E-state index < -0.39 is 0 Å². The van der Waals surface area contributed by atoms with Crippen molar-refractivity contribution < 1.29 is 5.11 Å². The van der Waals surface area contributed by atoms with Crippen molar-refractivity contribution in [2.24, 2.45) is 11.8 Å². The van der Waals surface area contributed by atoms with E-state index in [0.29, 0.717) is 18.3 Å². The van der Waals surface area contributed by atoms with E-state index in [9.17, 15) is 5.11 Å². The van der Waals surface area contributed by atoms with Crippen molar-refractivity contribution in [2.75, 3.05) is 0 Å². The number of hydrogen-bond acceptors (Lipinski definition) is 1. The van der Waals surface area contributed by atoms with Crippen molar-refractivity contribution in [2.45, 2.75) is 45.1 Å². The van der Waals surface area contributed by atoms with Gasteiger partial charge in [0, 0.05) is 6.42 Å². The van der Waals surface area contributed by atoms with E-state index >= 15 is 0 Å². The average molecular weight is 166 g/mol. The molecule has 0 bridgehead atoms. The van der Waals surface area contributed by atoms with Crippen molar-refractivity contribution in [3.05, 3.63) is 0 Å². The third-order valence-electron chi connectivity index (χ3n) is 3.01. The topological polar surface area (TPSA) is 20.2 Å². The monoisotopic (exact) mass is 166 g/mol. The van der Waals surface area contributed by atoms with E-state index in [-0.39, 0.29) is 6.10 Å². The predicted molar refractivity (Wildman–Crippen MR) is 50.6 cm³/mol. The summed E-state index contributed by atoms with van der Waals surface area (Å²) in [6, 6.07) is 0. The first-order chi connectivity index (χ1) is 5.75. The van der Waals surface area contributed by atoms with Crippen LogP contribution in [-0.4, -0.2) is 11.2 Å². The maximum atomic E-state index is 9.75. The Bertz CT molecular complexity index is 168. The molecule has 0 aromatic rings. The van der Waals surface area contributed by atoms with Gasteiger partial charge in [0.2, 0.25) is 0 Å². The number of aliphatic hydroxyl groups is 1. The summed E-state index contributed by atoms with van der Waals surface area (Å²) in [5.74, 6) is 3.78. The van der Waals surface area contributed by atoms with Crippen LogP contribution in [0, 0.1) is 24.2 Å². The normalized spacial score (nSPS) is 31.4. The highest BCUT2D eigenvalue weighted by molar-refractivity contribution is 4.87.